The molecule has 0 aliphatic rings. The maximum Gasteiger partial charge on any atom is 0.134 e. The van der Waals surface area contributed by atoms with Crippen LogP contribution in [-0.2, 0) is 0 Å². The Labute approximate surface area is 124 Å². The normalized spacial score (nSPS) is 12.8. The fraction of sp³-hybridized carbons (Fsp3) is 0.125. The molecule has 20 heavy (non-hydrogen) atoms. The van der Waals surface area contributed by atoms with Crippen LogP contribution in [0.15, 0.2) is 51.4 Å². The summed E-state index contributed by atoms with van der Waals surface area (Å²) in [6, 6.07) is 12.0. The lowest BCUT2D eigenvalue weighted by atomic mass is 10.0. The average Bonchev–Trinajstić information content (AvgIpc) is 2.81. The Balaban J connectivity index is 2.05. The van der Waals surface area contributed by atoms with Crippen LogP contribution in [0.4, 0.5) is 4.39 Å². The summed E-state index contributed by atoms with van der Waals surface area (Å²) in [4.78, 5) is 0. The van der Waals surface area contributed by atoms with Crippen LogP contribution in [0.5, 0.6) is 0 Å². The first-order valence-corrected chi connectivity index (χ1v) is 7.04. The minimum absolute atomic E-state index is 0.344. The first-order valence-electron chi connectivity index (χ1n) is 6.25. The molecule has 0 aliphatic heterocycles. The third kappa shape index (κ3) is 2.37. The minimum Gasteiger partial charge on any atom is -0.459 e. The molecule has 0 fully saturated rings. The van der Waals surface area contributed by atoms with Gasteiger partial charge in [0.2, 0.25) is 0 Å². The van der Waals surface area contributed by atoms with E-state index in [4.69, 9.17) is 10.2 Å². The van der Waals surface area contributed by atoms with Crippen LogP contribution in [-0.4, -0.2) is 0 Å². The van der Waals surface area contributed by atoms with Crippen molar-refractivity contribution in [2.45, 2.75) is 13.0 Å². The van der Waals surface area contributed by atoms with Crippen molar-refractivity contribution >= 4 is 26.9 Å². The van der Waals surface area contributed by atoms with E-state index < -0.39 is 6.04 Å². The van der Waals surface area contributed by atoms with Crippen molar-refractivity contribution in [2.75, 3.05) is 0 Å². The monoisotopic (exact) mass is 333 g/mol. The number of rotatable bonds is 2. The molecule has 2 N–H and O–H groups in total. The van der Waals surface area contributed by atoms with E-state index in [1.807, 2.05) is 31.2 Å². The number of furan rings is 1. The number of nitrogens with two attached hydrogens (primary N) is 1. The van der Waals surface area contributed by atoms with Gasteiger partial charge in [-0.1, -0.05) is 33.6 Å². The SMILES string of the molecule is Cc1ccc2oc(C(N)c3ccc(Br)cc3F)cc2c1. The Morgan fingerprint density at radius 3 is 2.70 bits per heavy atom. The number of benzene rings is 2. The molecule has 2 nitrogen and oxygen atoms in total. The van der Waals surface area contributed by atoms with Crippen molar-refractivity contribution in [3.8, 4) is 0 Å². The Hall–Kier alpha value is -1.65. The van der Waals surface area contributed by atoms with E-state index in [0.717, 1.165) is 16.5 Å². The van der Waals surface area contributed by atoms with Gasteiger partial charge in [-0.05, 0) is 37.3 Å². The van der Waals surface area contributed by atoms with Crippen LogP contribution < -0.4 is 5.73 Å². The predicted octanol–water partition coefficient (Wildman–Crippen LogP) is 4.69. The number of hydrogen-bond acceptors (Lipinski definition) is 2. The Kier molecular flexibility index (Phi) is 3.36. The summed E-state index contributed by atoms with van der Waals surface area (Å²) in [5.41, 5.74) is 8.45. The maximum absolute atomic E-state index is 14.0. The molecule has 1 unspecified atom stereocenters. The Morgan fingerprint density at radius 2 is 1.95 bits per heavy atom. The van der Waals surface area contributed by atoms with Gasteiger partial charge in [0.05, 0.1) is 6.04 Å². The molecule has 1 aromatic heterocycles. The molecule has 0 bridgehead atoms. The summed E-state index contributed by atoms with van der Waals surface area (Å²) >= 11 is 3.23. The second kappa shape index (κ2) is 5.04. The van der Waals surface area contributed by atoms with Gasteiger partial charge in [-0.2, -0.15) is 0 Å². The van der Waals surface area contributed by atoms with E-state index in [1.54, 1.807) is 12.1 Å². The lowest BCUT2D eigenvalue weighted by Gasteiger charge is -2.10. The van der Waals surface area contributed by atoms with Crippen LogP contribution in [0.1, 0.15) is 22.9 Å². The summed E-state index contributed by atoms with van der Waals surface area (Å²) in [5.74, 6) is 0.218. The van der Waals surface area contributed by atoms with E-state index in [0.29, 0.717) is 15.8 Å². The van der Waals surface area contributed by atoms with E-state index in [1.165, 1.54) is 6.07 Å². The maximum atomic E-state index is 14.0. The van der Waals surface area contributed by atoms with Crippen molar-refractivity contribution in [1.29, 1.82) is 0 Å². The molecular weight excluding hydrogens is 321 g/mol. The molecule has 0 amide bonds. The first-order chi connectivity index (χ1) is 9.54. The Bertz CT molecular complexity index is 781. The molecule has 102 valence electrons. The molecule has 1 heterocycles. The second-order valence-corrected chi connectivity index (χ2v) is 5.75. The highest BCUT2D eigenvalue weighted by atomic mass is 79.9. The molecule has 2 aromatic carbocycles. The van der Waals surface area contributed by atoms with Gasteiger partial charge in [-0.25, -0.2) is 4.39 Å². The molecule has 0 radical (unpaired) electrons. The van der Waals surface area contributed by atoms with Gasteiger partial charge in [0.1, 0.15) is 17.2 Å². The van der Waals surface area contributed by atoms with E-state index in [9.17, 15) is 4.39 Å². The average molecular weight is 334 g/mol. The minimum atomic E-state index is -0.615. The predicted molar refractivity (Wildman–Crippen MR) is 81.1 cm³/mol. The number of halogens is 2. The van der Waals surface area contributed by atoms with Gasteiger partial charge in [-0.3, -0.25) is 0 Å². The van der Waals surface area contributed by atoms with Gasteiger partial charge in [0, 0.05) is 15.4 Å². The van der Waals surface area contributed by atoms with Crippen LogP contribution in [0.25, 0.3) is 11.0 Å². The lowest BCUT2D eigenvalue weighted by molar-refractivity contribution is 0.510. The van der Waals surface area contributed by atoms with Gasteiger partial charge in [-0.15, -0.1) is 0 Å². The summed E-state index contributed by atoms with van der Waals surface area (Å²) < 4.78 is 20.4. The Morgan fingerprint density at radius 1 is 1.15 bits per heavy atom. The van der Waals surface area contributed by atoms with E-state index in [2.05, 4.69) is 15.9 Å². The third-order valence-electron chi connectivity index (χ3n) is 3.29. The highest BCUT2D eigenvalue weighted by Crippen LogP contribution is 2.29. The second-order valence-electron chi connectivity index (χ2n) is 4.83. The van der Waals surface area contributed by atoms with Gasteiger partial charge in [0.25, 0.3) is 0 Å². The largest absolute Gasteiger partial charge is 0.459 e. The zero-order valence-electron chi connectivity index (χ0n) is 10.9. The molecule has 0 saturated heterocycles. The molecule has 4 heteroatoms. The van der Waals surface area contributed by atoms with Crippen molar-refractivity contribution in [3.05, 3.63) is 69.6 Å². The quantitative estimate of drug-likeness (QED) is 0.738. The van der Waals surface area contributed by atoms with Gasteiger partial charge >= 0.3 is 0 Å². The van der Waals surface area contributed by atoms with E-state index >= 15 is 0 Å². The number of fused-ring (bicyclic) bond motifs is 1. The zero-order chi connectivity index (χ0) is 14.3. The highest BCUT2D eigenvalue weighted by Gasteiger charge is 2.18. The standard InChI is InChI=1S/C16H13BrFNO/c1-9-2-5-14-10(6-9)7-15(20-14)16(19)12-4-3-11(17)8-13(12)18/h2-8,16H,19H2,1H3. The van der Waals surface area contributed by atoms with Crippen molar-refractivity contribution in [1.82, 2.24) is 0 Å². The van der Waals surface area contributed by atoms with Crippen LogP contribution in [0, 0.1) is 12.7 Å². The fourth-order valence-corrected chi connectivity index (χ4v) is 2.58. The molecule has 3 rings (SSSR count). The molecule has 0 aliphatic carbocycles. The zero-order valence-corrected chi connectivity index (χ0v) is 12.4. The van der Waals surface area contributed by atoms with Gasteiger partial charge < -0.3 is 10.2 Å². The van der Waals surface area contributed by atoms with Crippen LogP contribution in [0.3, 0.4) is 0 Å². The lowest BCUT2D eigenvalue weighted by Crippen LogP contribution is -2.12. The van der Waals surface area contributed by atoms with Crippen molar-refractivity contribution in [2.24, 2.45) is 5.73 Å². The molecule has 0 spiro atoms. The number of hydrogen-bond donors (Lipinski definition) is 1. The smallest absolute Gasteiger partial charge is 0.134 e. The van der Waals surface area contributed by atoms with Crippen LogP contribution >= 0.6 is 15.9 Å². The highest BCUT2D eigenvalue weighted by molar-refractivity contribution is 9.10. The molecule has 1 atom stereocenters. The van der Waals surface area contributed by atoms with Crippen molar-refractivity contribution in [3.63, 3.8) is 0 Å². The van der Waals surface area contributed by atoms with Crippen molar-refractivity contribution < 1.29 is 8.81 Å². The summed E-state index contributed by atoms with van der Waals surface area (Å²) in [5, 5.41) is 0.980. The third-order valence-corrected chi connectivity index (χ3v) is 3.79. The number of aryl methyl sites for hydroxylation is 1. The summed E-state index contributed by atoms with van der Waals surface area (Å²) in [6.45, 7) is 2.01. The molecular formula is C16H13BrFNO. The summed E-state index contributed by atoms with van der Waals surface area (Å²) in [6.07, 6.45) is 0. The van der Waals surface area contributed by atoms with Gasteiger partial charge in [0.15, 0.2) is 0 Å². The van der Waals surface area contributed by atoms with Crippen LogP contribution in [0.2, 0.25) is 0 Å². The topological polar surface area (TPSA) is 39.2 Å². The summed E-state index contributed by atoms with van der Waals surface area (Å²) in [7, 11) is 0. The molecule has 0 saturated carbocycles. The van der Waals surface area contributed by atoms with E-state index in [-0.39, 0.29) is 5.82 Å². The molecule has 3 aromatic rings. The fourth-order valence-electron chi connectivity index (χ4n) is 2.24. The first kappa shape index (κ1) is 13.3.